The number of nitrogen functional groups attached to an aromatic ring is 2. The summed E-state index contributed by atoms with van der Waals surface area (Å²) in [6.45, 7) is 1.68. The van der Waals surface area contributed by atoms with E-state index in [1.54, 1.807) is 6.07 Å². The number of nitrogens with one attached hydrogen (secondary N) is 2. The molecule has 1 aliphatic heterocycles. The number of anilines is 3. The quantitative estimate of drug-likeness (QED) is 0.371. The summed E-state index contributed by atoms with van der Waals surface area (Å²) >= 11 is 0. The Morgan fingerprint density at radius 1 is 1.47 bits per heavy atom. The Balaban J connectivity index is 2.25. The van der Waals surface area contributed by atoms with E-state index in [1.807, 2.05) is 4.90 Å². The van der Waals surface area contributed by atoms with Gasteiger partial charge in [0.1, 0.15) is 11.6 Å². The number of hydrazine groups is 1. The highest BCUT2D eigenvalue weighted by molar-refractivity contribution is 5.81. The van der Waals surface area contributed by atoms with Gasteiger partial charge in [0.25, 0.3) is 0 Å². The van der Waals surface area contributed by atoms with Crippen molar-refractivity contribution in [1.82, 2.24) is 15.3 Å². The Morgan fingerprint density at radius 3 is 3.06 bits per heavy atom. The Morgan fingerprint density at radius 2 is 2.29 bits per heavy atom. The van der Waals surface area contributed by atoms with Crippen molar-refractivity contribution in [3.8, 4) is 0 Å². The predicted molar refractivity (Wildman–Crippen MR) is 64.1 cm³/mol. The molecule has 0 aromatic carbocycles. The fraction of sp³-hybridized carbons (Fsp3) is 0.444. The Hall–Kier alpha value is -2.09. The van der Waals surface area contributed by atoms with Gasteiger partial charge in [0.2, 0.25) is 11.9 Å². The molecule has 8 heteroatoms. The molecular formula is C9H15N7O. The lowest BCUT2D eigenvalue weighted by Crippen LogP contribution is -2.33. The molecule has 8 nitrogen and oxygen atoms in total. The van der Waals surface area contributed by atoms with Crippen LogP contribution in [0, 0.1) is 0 Å². The van der Waals surface area contributed by atoms with Gasteiger partial charge in [-0.25, -0.2) is 5.84 Å². The number of amides is 1. The van der Waals surface area contributed by atoms with Gasteiger partial charge in [-0.1, -0.05) is 0 Å². The first-order valence-corrected chi connectivity index (χ1v) is 5.32. The van der Waals surface area contributed by atoms with Gasteiger partial charge in [-0.15, -0.1) is 0 Å². The maximum atomic E-state index is 11.4. The predicted octanol–water partition coefficient (Wildman–Crippen LogP) is -1.33. The van der Waals surface area contributed by atoms with E-state index in [9.17, 15) is 4.79 Å². The van der Waals surface area contributed by atoms with E-state index in [0.717, 1.165) is 13.0 Å². The normalized spacial score (nSPS) is 16.3. The lowest BCUT2D eigenvalue weighted by atomic mass is 10.4. The second-order valence-electron chi connectivity index (χ2n) is 3.74. The van der Waals surface area contributed by atoms with Crippen LogP contribution in [0.4, 0.5) is 17.6 Å². The molecule has 92 valence electrons. The summed E-state index contributed by atoms with van der Waals surface area (Å²) in [5.41, 5.74) is 7.99. The number of nitrogens with zero attached hydrogens (tertiary/aromatic N) is 3. The van der Waals surface area contributed by atoms with E-state index in [2.05, 4.69) is 20.7 Å². The largest absolute Gasteiger partial charge is 0.368 e. The van der Waals surface area contributed by atoms with Crippen molar-refractivity contribution in [2.45, 2.75) is 6.42 Å². The van der Waals surface area contributed by atoms with E-state index in [-0.39, 0.29) is 18.4 Å². The smallest absolute Gasteiger partial charge is 0.239 e. The van der Waals surface area contributed by atoms with Crippen molar-refractivity contribution in [1.29, 1.82) is 0 Å². The number of carbonyl (C=O) groups excluding carboxylic acids is 1. The topological polar surface area (TPSA) is 122 Å². The summed E-state index contributed by atoms with van der Waals surface area (Å²) < 4.78 is 0. The molecule has 1 amide bonds. The van der Waals surface area contributed by atoms with E-state index < -0.39 is 0 Å². The van der Waals surface area contributed by atoms with E-state index in [4.69, 9.17) is 11.6 Å². The van der Waals surface area contributed by atoms with Crippen molar-refractivity contribution < 1.29 is 4.79 Å². The summed E-state index contributed by atoms with van der Waals surface area (Å²) in [5.74, 6) is 6.41. The third kappa shape index (κ3) is 2.72. The van der Waals surface area contributed by atoms with Gasteiger partial charge in [0.15, 0.2) is 0 Å². The van der Waals surface area contributed by atoms with Crippen molar-refractivity contribution in [3.63, 3.8) is 0 Å². The molecule has 1 aliphatic rings. The van der Waals surface area contributed by atoms with Gasteiger partial charge >= 0.3 is 0 Å². The molecule has 1 aromatic heterocycles. The first-order valence-electron chi connectivity index (χ1n) is 5.32. The average molecular weight is 237 g/mol. The van der Waals surface area contributed by atoms with Crippen LogP contribution in [0.3, 0.4) is 0 Å². The van der Waals surface area contributed by atoms with Crippen molar-refractivity contribution in [2.24, 2.45) is 5.84 Å². The van der Waals surface area contributed by atoms with Crippen LogP contribution < -0.4 is 27.2 Å². The van der Waals surface area contributed by atoms with E-state index >= 15 is 0 Å². The van der Waals surface area contributed by atoms with Crippen LogP contribution in [-0.2, 0) is 4.79 Å². The summed E-state index contributed by atoms with van der Waals surface area (Å²) in [4.78, 5) is 21.3. The highest BCUT2D eigenvalue weighted by Gasteiger charge is 2.17. The summed E-state index contributed by atoms with van der Waals surface area (Å²) in [5, 5.41) is 2.79. The lowest BCUT2D eigenvalue weighted by Gasteiger charge is -2.20. The van der Waals surface area contributed by atoms with Gasteiger partial charge < -0.3 is 21.4 Å². The first-order chi connectivity index (χ1) is 8.19. The molecule has 1 fully saturated rings. The Labute approximate surface area is 98.4 Å². The molecule has 0 saturated carbocycles. The van der Waals surface area contributed by atoms with Gasteiger partial charge in [0.05, 0.1) is 6.54 Å². The summed E-state index contributed by atoms with van der Waals surface area (Å²) in [7, 11) is 0. The monoisotopic (exact) mass is 237 g/mol. The number of carbonyl (C=O) groups is 1. The Kier molecular flexibility index (Phi) is 3.24. The minimum Gasteiger partial charge on any atom is -0.368 e. The third-order valence-electron chi connectivity index (χ3n) is 2.46. The van der Waals surface area contributed by atoms with Crippen LogP contribution in [0.1, 0.15) is 6.42 Å². The maximum Gasteiger partial charge on any atom is 0.239 e. The van der Waals surface area contributed by atoms with Crippen LogP contribution >= 0.6 is 0 Å². The molecule has 0 unspecified atom stereocenters. The zero-order valence-corrected chi connectivity index (χ0v) is 9.31. The highest BCUT2D eigenvalue weighted by Crippen LogP contribution is 2.17. The van der Waals surface area contributed by atoms with Crippen LogP contribution in [0.5, 0.6) is 0 Å². The van der Waals surface area contributed by atoms with Crippen molar-refractivity contribution in [3.05, 3.63) is 6.07 Å². The second-order valence-corrected chi connectivity index (χ2v) is 3.74. The average Bonchev–Trinajstić information content (AvgIpc) is 2.53. The summed E-state index contributed by atoms with van der Waals surface area (Å²) in [6, 6.07) is 1.66. The molecular weight excluding hydrogens is 222 g/mol. The highest BCUT2D eigenvalue weighted by atomic mass is 16.2. The molecule has 0 bridgehead atoms. The minimum absolute atomic E-state index is 0.0260. The van der Waals surface area contributed by atoms with Gasteiger partial charge in [-0.3, -0.25) is 4.79 Å². The minimum atomic E-state index is -0.0260. The molecule has 6 N–H and O–H groups in total. The summed E-state index contributed by atoms with van der Waals surface area (Å²) in [6.07, 6.45) is 0.862. The number of hydrogen-bond donors (Lipinski definition) is 4. The second kappa shape index (κ2) is 4.83. The van der Waals surface area contributed by atoms with Crippen LogP contribution in [0.25, 0.3) is 0 Å². The van der Waals surface area contributed by atoms with Crippen LogP contribution in [0.2, 0.25) is 0 Å². The molecule has 2 heterocycles. The standard InChI is InChI=1S/C9H15N7O/c10-9-13-6(15-11)4-7(14-9)16-3-1-2-12-8(17)5-16/h4H,1-3,5,11H2,(H,12,17)(H3,10,13,14,15). The SMILES string of the molecule is NNc1cc(N2CCCNC(=O)C2)nc(N)n1. The van der Waals surface area contributed by atoms with E-state index in [1.165, 1.54) is 0 Å². The lowest BCUT2D eigenvalue weighted by molar-refractivity contribution is -0.119. The zero-order valence-electron chi connectivity index (χ0n) is 9.31. The number of aromatic nitrogens is 2. The van der Waals surface area contributed by atoms with E-state index in [0.29, 0.717) is 18.2 Å². The van der Waals surface area contributed by atoms with Crippen molar-refractivity contribution >= 4 is 23.5 Å². The molecule has 2 rings (SSSR count). The van der Waals surface area contributed by atoms with Gasteiger partial charge in [-0.2, -0.15) is 9.97 Å². The van der Waals surface area contributed by atoms with Crippen LogP contribution in [0.15, 0.2) is 6.07 Å². The molecule has 1 aromatic rings. The number of nitrogens with two attached hydrogens (primary N) is 2. The first kappa shape index (κ1) is 11.4. The third-order valence-corrected chi connectivity index (χ3v) is 2.46. The van der Waals surface area contributed by atoms with Gasteiger partial charge in [0, 0.05) is 19.2 Å². The molecule has 17 heavy (non-hydrogen) atoms. The van der Waals surface area contributed by atoms with Crippen molar-refractivity contribution in [2.75, 3.05) is 35.7 Å². The van der Waals surface area contributed by atoms with Crippen LogP contribution in [-0.4, -0.2) is 35.5 Å². The molecule has 1 saturated heterocycles. The van der Waals surface area contributed by atoms with Gasteiger partial charge in [-0.05, 0) is 6.42 Å². The fourth-order valence-corrected chi connectivity index (χ4v) is 1.69. The molecule has 0 radical (unpaired) electrons. The molecule has 0 aliphatic carbocycles. The zero-order chi connectivity index (χ0) is 12.3. The number of rotatable bonds is 2. The maximum absolute atomic E-state index is 11.4. The molecule has 0 atom stereocenters. The Bertz CT molecular complexity index is 422. The fourth-order valence-electron chi connectivity index (χ4n) is 1.69. The number of hydrogen-bond acceptors (Lipinski definition) is 7. The molecule has 0 spiro atoms.